The Bertz CT molecular complexity index is 382. The second kappa shape index (κ2) is 6.18. The molecule has 1 aliphatic heterocycles. The number of nitrogens with zero attached hydrogens (tertiary/aromatic N) is 1. The molecule has 0 aromatic heterocycles. The summed E-state index contributed by atoms with van der Waals surface area (Å²) in [4.78, 5) is 2.26. The molecule has 2 rings (SSSR count). The molecule has 4 heteroatoms. The predicted molar refractivity (Wildman–Crippen MR) is 71.8 cm³/mol. The molecule has 0 spiro atoms. The summed E-state index contributed by atoms with van der Waals surface area (Å²) in [5.74, 6) is 0.865. The Morgan fingerprint density at radius 3 is 3.00 bits per heavy atom. The van der Waals surface area contributed by atoms with Crippen LogP contribution >= 0.6 is 0 Å². The molecule has 0 saturated carbocycles. The average molecular weight is 250 g/mol. The zero-order chi connectivity index (χ0) is 13.0. The van der Waals surface area contributed by atoms with E-state index < -0.39 is 0 Å². The molecule has 0 aliphatic carbocycles. The van der Waals surface area contributed by atoms with Crippen LogP contribution in [0.3, 0.4) is 0 Å². The first-order valence-corrected chi connectivity index (χ1v) is 6.44. The lowest BCUT2D eigenvalue weighted by Gasteiger charge is -2.30. The Morgan fingerprint density at radius 2 is 2.28 bits per heavy atom. The van der Waals surface area contributed by atoms with Crippen LogP contribution in [0, 0.1) is 0 Å². The number of ether oxygens (including phenoxy) is 2. The van der Waals surface area contributed by atoms with Crippen LogP contribution in [0.25, 0.3) is 0 Å². The molecule has 0 amide bonds. The van der Waals surface area contributed by atoms with Crippen molar-refractivity contribution in [3.63, 3.8) is 0 Å². The Labute approximate surface area is 109 Å². The van der Waals surface area contributed by atoms with E-state index in [1.807, 2.05) is 31.2 Å². The Morgan fingerprint density at radius 1 is 1.50 bits per heavy atom. The molecule has 1 saturated heterocycles. The van der Waals surface area contributed by atoms with E-state index in [0.717, 1.165) is 31.0 Å². The van der Waals surface area contributed by atoms with Gasteiger partial charge < -0.3 is 20.1 Å². The summed E-state index contributed by atoms with van der Waals surface area (Å²) in [5.41, 5.74) is 6.97. The van der Waals surface area contributed by atoms with Crippen molar-refractivity contribution in [2.45, 2.75) is 19.1 Å². The second-order valence-corrected chi connectivity index (χ2v) is 4.89. The van der Waals surface area contributed by atoms with Gasteiger partial charge in [0.15, 0.2) is 0 Å². The maximum atomic E-state index is 5.93. The van der Waals surface area contributed by atoms with Gasteiger partial charge >= 0.3 is 0 Å². The fourth-order valence-corrected chi connectivity index (χ4v) is 2.14. The maximum Gasteiger partial charge on any atom is 0.124 e. The highest BCUT2D eigenvalue weighted by atomic mass is 16.5. The zero-order valence-electron chi connectivity index (χ0n) is 11.1. The summed E-state index contributed by atoms with van der Waals surface area (Å²) in [7, 11) is 2.10. The number of morpholine rings is 1. The van der Waals surface area contributed by atoms with Gasteiger partial charge in [-0.15, -0.1) is 0 Å². The summed E-state index contributed by atoms with van der Waals surface area (Å²) in [6.07, 6.45) is 0.143. The number of likely N-dealkylation sites (N-methyl/N-ethyl adjacent to an activating group) is 1. The number of hydrogen-bond acceptors (Lipinski definition) is 4. The van der Waals surface area contributed by atoms with Crippen LogP contribution in [-0.2, 0) is 4.74 Å². The molecule has 1 aliphatic rings. The van der Waals surface area contributed by atoms with Gasteiger partial charge in [-0.2, -0.15) is 0 Å². The number of rotatable bonds is 4. The van der Waals surface area contributed by atoms with Gasteiger partial charge in [0.25, 0.3) is 0 Å². The first-order valence-electron chi connectivity index (χ1n) is 6.44. The van der Waals surface area contributed by atoms with Crippen molar-refractivity contribution in [1.82, 2.24) is 4.90 Å². The topological polar surface area (TPSA) is 47.7 Å². The van der Waals surface area contributed by atoms with E-state index >= 15 is 0 Å². The molecular weight excluding hydrogens is 228 g/mol. The molecule has 1 aromatic rings. The quantitative estimate of drug-likeness (QED) is 0.878. The van der Waals surface area contributed by atoms with Crippen molar-refractivity contribution in [3.8, 4) is 5.75 Å². The van der Waals surface area contributed by atoms with E-state index in [0.29, 0.717) is 6.61 Å². The summed E-state index contributed by atoms with van der Waals surface area (Å²) in [5, 5.41) is 0. The highest BCUT2D eigenvalue weighted by Crippen LogP contribution is 2.23. The molecule has 2 N–H and O–H groups in total. The smallest absolute Gasteiger partial charge is 0.124 e. The van der Waals surface area contributed by atoms with Crippen molar-refractivity contribution < 1.29 is 9.47 Å². The number of hydrogen-bond donors (Lipinski definition) is 1. The maximum absolute atomic E-state index is 5.93. The van der Waals surface area contributed by atoms with Gasteiger partial charge in [0.1, 0.15) is 18.5 Å². The lowest BCUT2D eigenvalue weighted by Crippen LogP contribution is -2.42. The number of para-hydroxylation sites is 1. The van der Waals surface area contributed by atoms with Crippen molar-refractivity contribution >= 4 is 0 Å². The average Bonchev–Trinajstić information content (AvgIpc) is 2.37. The molecule has 4 nitrogen and oxygen atoms in total. The van der Waals surface area contributed by atoms with Crippen LogP contribution in [0.4, 0.5) is 0 Å². The van der Waals surface area contributed by atoms with E-state index in [1.165, 1.54) is 0 Å². The monoisotopic (exact) mass is 250 g/mol. The molecule has 1 fully saturated rings. The van der Waals surface area contributed by atoms with Gasteiger partial charge in [0.2, 0.25) is 0 Å². The Balaban J connectivity index is 1.93. The highest BCUT2D eigenvalue weighted by molar-refractivity contribution is 5.35. The van der Waals surface area contributed by atoms with E-state index in [4.69, 9.17) is 15.2 Å². The Hall–Kier alpha value is -1.10. The lowest BCUT2D eigenvalue weighted by molar-refractivity contribution is -0.0405. The van der Waals surface area contributed by atoms with Crippen LogP contribution in [0.5, 0.6) is 5.75 Å². The third-order valence-electron chi connectivity index (χ3n) is 3.18. The SMILES string of the molecule is C[C@H](N)c1ccccc1OCC1CN(C)CCO1. The van der Waals surface area contributed by atoms with Crippen molar-refractivity contribution in [2.75, 3.05) is 33.4 Å². The first-order chi connectivity index (χ1) is 8.66. The predicted octanol–water partition coefficient (Wildman–Crippen LogP) is 1.42. The first kappa shape index (κ1) is 13.3. The normalized spacial score (nSPS) is 22.7. The molecule has 1 heterocycles. The van der Waals surface area contributed by atoms with Crippen LogP contribution in [0.15, 0.2) is 24.3 Å². The molecule has 18 heavy (non-hydrogen) atoms. The third-order valence-corrected chi connectivity index (χ3v) is 3.18. The molecule has 100 valence electrons. The van der Waals surface area contributed by atoms with Gasteiger partial charge in [-0.1, -0.05) is 18.2 Å². The van der Waals surface area contributed by atoms with E-state index in [-0.39, 0.29) is 12.1 Å². The summed E-state index contributed by atoms with van der Waals surface area (Å²) < 4.78 is 11.5. The summed E-state index contributed by atoms with van der Waals surface area (Å²) in [6.45, 7) is 5.23. The minimum Gasteiger partial charge on any atom is -0.490 e. The molecule has 1 unspecified atom stereocenters. The number of benzene rings is 1. The van der Waals surface area contributed by atoms with E-state index in [1.54, 1.807) is 0 Å². The fourth-order valence-electron chi connectivity index (χ4n) is 2.14. The van der Waals surface area contributed by atoms with Crippen molar-refractivity contribution in [3.05, 3.63) is 29.8 Å². The van der Waals surface area contributed by atoms with Crippen LogP contribution in [0.2, 0.25) is 0 Å². The molecule has 1 aromatic carbocycles. The molecule has 0 radical (unpaired) electrons. The molecule has 0 bridgehead atoms. The van der Waals surface area contributed by atoms with Gasteiger partial charge in [0, 0.05) is 24.7 Å². The van der Waals surface area contributed by atoms with Gasteiger partial charge in [-0.25, -0.2) is 0 Å². The van der Waals surface area contributed by atoms with Gasteiger partial charge in [0.05, 0.1) is 6.61 Å². The lowest BCUT2D eigenvalue weighted by atomic mass is 10.1. The second-order valence-electron chi connectivity index (χ2n) is 4.89. The minimum absolute atomic E-state index is 0.0175. The number of nitrogens with two attached hydrogens (primary N) is 1. The standard InChI is InChI=1S/C14H22N2O2/c1-11(15)13-5-3-4-6-14(13)18-10-12-9-16(2)7-8-17-12/h3-6,11-12H,7-10,15H2,1-2H3/t11-,12?/m0/s1. The summed E-state index contributed by atoms with van der Waals surface area (Å²) >= 11 is 0. The highest BCUT2D eigenvalue weighted by Gasteiger charge is 2.18. The third kappa shape index (κ3) is 3.45. The van der Waals surface area contributed by atoms with Crippen LogP contribution in [-0.4, -0.2) is 44.4 Å². The minimum atomic E-state index is -0.0175. The molecular formula is C14H22N2O2. The van der Waals surface area contributed by atoms with E-state index in [2.05, 4.69) is 11.9 Å². The van der Waals surface area contributed by atoms with Crippen LogP contribution in [0.1, 0.15) is 18.5 Å². The van der Waals surface area contributed by atoms with Crippen LogP contribution < -0.4 is 10.5 Å². The van der Waals surface area contributed by atoms with Gasteiger partial charge in [-0.3, -0.25) is 0 Å². The largest absolute Gasteiger partial charge is 0.490 e. The Kier molecular flexibility index (Phi) is 4.58. The van der Waals surface area contributed by atoms with E-state index in [9.17, 15) is 0 Å². The van der Waals surface area contributed by atoms with Gasteiger partial charge in [-0.05, 0) is 20.0 Å². The summed E-state index contributed by atoms with van der Waals surface area (Å²) in [6, 6.07) is 7.90. The van der Waals surface area contributed by atoms with Crippen molar-refractivity contribution in [1.29, 1.82) is 0 Å². The fraction of sp³-hybridized carbons (Fsp3) is 0.571. The van der Waals surface area contributed by atoms with Crippen molar-refractivity contribution in [2.24, 2.45) is 5.73 Å². The molecule has 2 atom stereocenters. The zero-order valence-corrected chi connectivity index (χ0v) is 11.1.